The molecule has 1 saturated heterocycles. The van der Waals surface area contributed by atoms with E-state index in [0.29, 0.717) is 25.6 Å². The molecule has 1 aliphatic heterocycles. The smallest absolute Gasteiger partial charge is 0.227 e. The van der Waals surface area contributed by atoms with Crippen LogP contribution in [0.1, 0.15) is 29.5 Å². The van der Waals surface area contributed by atoms with Gasteiger partial charge in [0.1, 0.15) is 0 Å². The van der Waals surface area contributed by atoms with Crippen LogP contribution >= 0.6 is 22.6 Å². The fourth-order valence-electron chi connectivity index (χ4n) is 3.58. The number of nitrogens with two attached hydrogens (primary N) is 1. The monoisotopic (exact) mass is 477 g/mol. The number of rotatable bonds is 6. The molecule has 2 aromatic rings. The van der Waals surface area contributed by atoms with E-state index >= 15 is 0 Å². The maximum atomic E-state index is 13.2. The van der Waals surface area contributed by atoms with Gasteiger partial charge in [-0.25, -0.2) is 0 Å². The van der Waals surface area contributed by atoms with E-state index in [1.807, 2.05) is 0 Å². The summed E-state index contributed by atoms with van der Waals surface area (Å²) in [5, 5.41) is 0. The molecule has 27 heavy (non-hydrogen) atoms. The fourth-order valence-corrected chi connectivity index (χ4v) is 3.94. The lowest BCUT2D eigenvalue weighted by Crippen LogP contribution is -2.46. The average Bonchev–Trinajstić information content (AvgIpc) is 2.69. The van der Waals surface area contributed by atoms with Crippen LogP contribution in [0.2, 0.25) is 0 Å². The Balaban J connectivity index is 1.75. The number of halogens is 1. The Hall–Kier alpha value is -1.44. The van der Waals surface area contributed by atoms with Gasteiger partial charge in [0, 0.05) is 22.7 Å². The lowest BCUT2D eigenvalue weighted by atomic mass is 10.0. The number of likely N-dealkylation sites (tertiary alicyclic amines) is 1. The van der Waals surface area contributed by atoms with Gasteiger partial charge in [-0.15, -0.1) is 0 Å². The molecule has 0 radical (unpaired) electrons. The minimum Gasteiger partial charge on any atom is -0.335 e. The number of hydrogen-bond donors (Lipinski definition) is 1. The molecule has 1 amide bonds. The van der Waals surface area contributed by atoms with Gasteiger partial charge in [0.2, 0.25) is 5.91 Å². The molecule has 0 aromatic heterocycles. The van der Waals surface area contributed by atoms with E-state index in [1.54, 1.807) is 0 Å². The number of piperidine rings is 1. The predicted molar refractivity (Wildman–Crippen MR) is 118 cm³/mol. The average molecular weight is 477 g/mol. The van der Waals surface area contributed by atoms with Crippen molar-refractivity contribution in [1.29, 1.82) is 0 Å². The van der Waals surface area contributed by atoms with Crippen LogP contribution in [0.15, 0.2) is 48.5 Å². The first kappa shape index (κ1) is 20.3. The molecule has 4 nitrogen and oxygen atoms in total. The molecule has 0 saturated carbocycles. The maximum Gasteiger partial charge on any atom is 0.227 e. The molecule has 0 unspecified atom stereocenters. The molecule has 1 heterocycles. The number of hydrogen-bond acceptors (Lipinski definition) is 3. The number of carbonyl (C=O) groups excluding carboxylic acids is 1. The molecule has 5 heteroatoms. The molecule has 0 atom stereocenters. The van der Waals surface area contributed by atoms with Crippen LogP contribution in [0.5, 0.6) is 0 Å². The largest absolute Gasteiger partial charge is 0.335 e. The van der Waals surface area contributed by atoms with Gasteiger partial charge in [0.15, 0.2) is 0 Å². The molecule has 2 aromatic carbocycles. The van der Waals surface area contributed by atoms with E-state index in [-0.39, 0.29) is 5.91 Å². The molecule has 2 N–H and O–H groups in total. The molecular weight excluding hydrogens is 449 g/mol. The van der Waals surface area contributed by atoms with Crippen LogP contribution in [0.25, 0.3) is 0 Å². The van der Waals surface area contributed by atoms with Crippen LogP contribution in [0.4, 0.5) is 0 Å². The summed E-state index contributed by atoms with van der Waals surface area (Å²) >= 11 is 2.29. The molecule has 1 fully saturated rings. The van der Waals surface area contributed by atoms with Gasteiger partial charge in [-0.05, 0) is 84.4 Å². The van der Waals surface area contributed by atoms with Gasteiger partial charge >= 0.3 is 0 Å². The van der Waals surface area contributed by atoms with Crippen LogP contribution in [-0.2, 0) is 24.3 Å². The highest BCUT2D eigenvalue weighted by Crippen LogP contribution is 2.20. The maximum absolute atomic E-state index is 13.2. The summed E-state index contributed by atoms with van der Waals surface area (Å²) in [7, 11) is 2.15. The normalized spacial score (nSPS) is 15.7. The van der Waals surface area contributed by atoms with E-state index in [9.17, 15) is 4.79 Å². The van der Waals surface area contributed by atoms with Crippen molar-refractivity contribution in [3.63, 3.8) is 0 Å². The third-order valence-electron chi connectivity index (χ3n) is 5.33. The van der Waals surface area contributed by atoms with Gasteiger partial charge in [-0.3, -0.25) is 4.79 Å². The van der Waals surface area contributed by atoms with Gasteiger partial charge in [-0.2, -0.15) is 0 Å². The Morgan fingerprint density at radius 2 is 1.59 bits per heavy atom. The van der Waals surface area contributed by atoms with Gasteiger partial charge in [0.05, 0.1) is 6.42 Å². The Morgan fingerprint density at radius 3 is 2.19 bits per heavy atom. The highest BCUT2D eigenvalue weighted by Gasteiger charge is 2.27. The molecule has 0 bridgehead atoms. The summed E-state index contributed by atoms with van der Waals surface area (Å²) in [5.41, 5.74) is 9.08. The van der Waals surface area contributed by atoms with Crippen molar-refractivity contribution in [3.05, 3.63) is 68.8 Å². The summed E-state index contributed by atoms with van der Waals surface area (Å²) in [6.45, 7) is 3.31. The minimum absolute atomic E-state index is 0.216. The quantitative estimate of drug-likeness (QED) is 0.649. The predicted octanol–water partition coefficient (Wildman–Crippen LogP) is 3.42. The van der Waals surface area contributed by atoms with Gasteiger partial charge in [0.25, 0.3) is 0 Å². The first-order chi connectivity index (χ1) is 13.0. The highest BCUT2D eigenvalue weighted by atomic mass is 127. The van der Waals surface area contributed by atoms with E-state index in [0.717, 1.165) is 37.1 Å². The number of nitrogens with zero attached hydrogens (tertiary/aromatic N) is 2. The van der Waals surface area contributed by atoms with E-state index in [2.05, 4.69) is 88.0 Å². The van der Waals surface area contributed by atoms with Crippen LogP contribution in [0.3, 0.4) is 0 Å². The topological polar surface area (TPSA) is 49.6 Å². The standard InChI is InChI=1S/C22H28IN3O/c1-25-12-10-21(11-13-25)26(16-19-4-2-18(15-24)3-5-19)22(27)14-17-6-8-20(23)9-7-17/h2-9,21H,10-16,24H2,1H3. The molecule has 3 rings (SSSR count). The SMILES string of the molecule is CN1CCC(N(Cc2ccc(CN)cc2)C(=O)Cc2ccc(I)cc2)CC1. The summed E-state index contributed by atoms with van der Waals surface area (Å²) < 4.78 is 1.19. The van der Waals surface area contributed by atoms with Crippen molar-refractivity contribution in [2.45, 2.75) is 38.4 Å². The highest BCUT2D eigenvalue weighted by molar-refractivity contribution is 14.1. The van der Waals surface area contributed by atoms with Crippen molar-refractivity contribution >= 4 is 28.5 Å². The molecule has 0 spiro atoms. The Bertz CT molecular complexity index is 737. The third kappa shape index (κ3) is 5.77. The van der Waals surface area contributed by atoms with E-state index < -0.39 is 0 Å². The zero-order valence-corrected chi connectivity index (χ0v) is 18.1. The van der Waals surface area contributed by atoms with Crippen molar-refractivity contribution in [2.24, 2.45) is 5.73 Å². The first-order valence-electron chi connectivity index (χ1n) is 9.55. The van der Waals surface area contributed by atoms with Crippen LogP contribution in [0, 0.1) is 3.57 Å². The second-order valence-corrected chi connectivity index (χ2v) is 8.63. The molecule has 144 valence electrons. The molecular formula is C22H28IN3O. The zero-order chi connectivity index (χ0) is 19.2. The zero-order valence-electron chi connectivity index (χ0n) is 15.9. The van der Waals surface area contributed by atoms with Crippen LogP contribution in [-0.4, -0.2) is 41.9 Å². The van der Waals surface area contributed by atoms with E-state index in [4.69, 9.17) is 5.73 Å². The summed E-state index contributed by atoms with van der Waals surface area (Å²) in [6.07, 6.45) is 2.54. The lowest BCUT2D eigenvalue weighted by molar-refractivity contribution is -0.134. The van der Waals surface area contributed by atoms with E-state index in [1.165, 1.54) is 9.13 Å². The van der Waals surface area contributed by atoms with Gasteiger partial charge in [-0.1, -0.05) is 36.4 Å². The Morgan fingerprint density at radius 1 is 1.04 bits per heavy atom. The van der Waals surface area contributed by atoms with Gasteiger partial charge < -0.3 is 15.5 Å². The van der Waals surface area contributed by atoms with Crippen molar-refractivity contribution in [2.75, 3.05) is 20.1 Å². The fraction of sp³-hybridized carbons (Fsp3) is 0.409. The second-order valence-electron chi connectivity index (χ2n) is 7.38. The second kappa shape index (κ2) is 9.66. The Labute approximate surface area is 175 Å². The van der Waals surface area contributed by atoms with Crippen LogP contribution < -0.4 is 5.73 Å². The first-order valence-corrected chi connectivity index (χ1v) is 10.6. The summed E-state index contributed by atoms with van der Waals surface area (Å²) in [4.78, 5) is 17.6. The van der Waals surface area contributed by atoms with Crippen molar-refractivity contribution in [3.8, 4) is 0 Å². The third-order valence-corrected chi connectivity index (χ3v) is 6.05. The summed E-state index contributed by atoms with van der Waals surface area (Å²) in [6, 6.07) is 16.9. The lowest BCUT2D eigenvalue weighted by Gasteiger charge is -2.37. The molecule has 0 aliphatic carbocycles. The summed E-state index contributed by atoms with van der Waals surface area (Å²) in [5.74, 6) is 0.216. The number of amides is 1. The number of carbonyl (C=O) groups is 1. The van der Waals surface area contributed by atoms with Crippen molar-refractivity contribution in [1.82, 2.24) is 9.80 Å². The molecule has 1 aliphatic rings. The number of benzene rings is 2. The minimum atomic E-state index is 0.216. The Kier molecular flexibility index (Phi) is 7.26. The van der Waals surface area contributed by atoms with Crippen molar-refractivity contribution < 1.29 is 4.79 Å².